The van der Waals surface area contributed by atoms with Crippen LogP contribution in [0.4, 0.5) is 0 Å². The van der Waals surface area contributed by atoms with Gasteiger partial charge in [-0.2, -0.15) is 0 Å². The molecule has 0 radical (unpaired) electrons. The molecule has 62 valence electrons. The number of aliphatic hydroxyl groups is 1. The smallest absolute Gasteiger partial charge is 0.0636 e. The first-order valence-corrected chi connectivity index (χ1v) is 4.16. The number of hydrogen-bond donors (Lipinski definition) is 2. The second-order valence-electron chi connectivity index (χ2n) is 2.76. The van der Waals surface area contributed by atoms with Gasteiger partial charge in [0.25, 0.3) is 0 Å². The molecule has 2 heteroatoms. The lowest BCUT2D eigenvalue weighted by molar-refractivity contribution is 0.191. The highest BCUT2D eigenvalue weighted by molar-refractivity contribution is 4.52. The summed E-state index contributed by atoms with van der Waals surface area (Å²) >= 11 is 0. The lowest BCUT2D eigenvalue weighted by atomic mass is 10.2. The molecular formula is C8H19NO. The van der Waals surface area contributed by atoms with Gasteiger partial charge in [0.2, 0.25) is 0 Å². The van der Waals surface area contributed by atoms with Crippen LogP contribution >= 0.6 is 0 Å². The van der Waals surface area contributed by atoms with E-state index in [0.717, 1.165) is 13.1 Å². The third kappa shape index (κ3) is 7.92. The second kappa shape index (κ2) is 7.03. The molecule has 0 spiro atoms. The van der Waals surface area contributed by atoms with Crippen molar-refractivity contribution >= 4 is 0 Å². The zero-order chi connectivity index (χ0) is 7.82. The molecule has 0 aromatic rings. The summed E-state index contributed by atoms with van der Waals surface area (Å²) in [5, 5.41) is 12.0. The van der Waals surface area contributed by atoms with Crippen LogP contribution in [0.25, 0.3) is 0 Å². The van der Waals surface area contributed by atoms with Gasteiger partial charge in [-0.25, -0.2) is 0 Å². The normalized spacial score (nSPS) is 13.5. The van der Waals surface area contributed by atoms with E-state index in [1.54, 1.807) is 6.92 Å². The average Bonchev–Trinajstić information content (AvgIpc) is 1.87. The van der Waals surface area contributed by atoms with Crippen LogP contribution in [0, 0.1) is 0 Å². The van der Waals surface area contributed by atoms with E-state index < -0.39 is 0 Å². The minimum Gasteiger partial charge on any atom is -0.392 e. The first-order valence-electron chi connectivity index (χ1n) is 4.16. The highest BCUT2D eigenvalue weighted by Gasteiger charge is 1.92. The molecule has 0 aromatic heterocycles. The molecule has 0 amide bonds. The van der Waals surface area contributed by atoms with Crippen molar-refractivity contribution in [2.45, 2.75) is 39.2 Å². The fourth-order valence-electron chi connectivity index (χ4n) is 0.811. The molecule has 0 aliphatic heterocycles. The van der Waals surface area contributed by atoms with E-state index in [4.69, 9.17) is 5.11 Å². The molecule has 0 aliphatic rings. The molecule has 0 bridgehead atoms. The lowest BCUT2D eigenvalue weighted by Crippen LogP contribution is -2.25. The van der Waals surface area contributed by atoms with Crippen molar-refractivity contribution in [3.63, 3.8) is 0 Å². The fourth-order valence-corrected chi connectivity index (χ4v) is 0.811. The molecule has 0 saturated carbocycles. The number of nitrogens with one attached hydrogen (secondary N) is 1. The van der Waals surface area contributed by atoms with Gasteiger partial charge < -0.3 is 10.4 Å². The highest BCUT2D eigenvalue weighted by atomic mass is 16.3. The Morgan fingerprint density at radius 3 is 2.60 bits per heavy atom. The Bertz CT molecular complexity index is 64.3. The van der Waals surface area contributed by atoms with E-state index in [1.807, 2.05) is 0 Å². The Hall–Kier alpha value is -0.0800. The summed E-state index contributed by atoms with van der Waals surface area (Å²) in [5.74, 6) is 0. The van der Waals surface area contributed by atoms with Crippen LogP contribution in [0.5, 0.6) is 0 Å². The van der Waals surface area contributed by atoms with Crippen molar-refractivity contribution in [3.05, 3.63) is 0 Å². The summed E-state index contributed by atoms with van der Waals surface area (Å²) in [7, 11) is 0. The predicted molar refractivity (Wildman–Crippen MR) is 44.1 cm³/mol. The molecule has 0 heterocycles. The third-order valence-corrected chi connectivity index (χ3v) is 1.40. The van der Waals surface area contributed by atoms with E-state index in [2.05, 4.69) is 12.2 Å². The molecule has 0 fully saturated rings. The highest BCUT2D eigenvalue weighted by Crippen LogP contribution is 1.90. The van der Waals surface area contributed by atoms with Crippen molar-refractivity contribution < 1.29 is 5.11 Å². The predicted octanol–water partition coefficient (Wildman–Crippen LogP) is 1.15. The first-order chi connectivity index (χ1) is 4.77. The summed E-state index contributed by atoms with van der Waals surface area (Å²) in [5.41, 5.74) is 0. The number of unbranched alkanes of at least 4 members (excludes halogenated alkanes) is 2. The molecule has 0 aromatic carbocycles. The monoisotopic (exact) mass is 145 g/mol. The van der Waals surface area contributed by atoms with Crippen LogP contribution in [-0.4, -0.2) is 24.3 Å². The lowest BCUT2D eigenvalue weighted by Gasteiger charge is -2.05. The number of aliphatic hydroxyl groups excluding tert-OH is 1. The zero-order valence-corrected chi connectivity index (χ0v) is 7.06. The maximum absolute atomic E-state index is 8.85. The van der Waals surface area contributed by atoms with Crippen LogP contribution in [0.1, 0.15) is 33.1 Å². The minimum absolute atomic E-state index is 0.207. The van der Waals surface area contributed by atoms with Crippen LogP contribution in [0.3, 0.4) is 0 Å². The van der Waals surface area contributed by atoms with Gasteiger partial charge in [0.15, 0.2) is 0 Å². The standard InChI is InChI=1S/C8H19NO/c1-3-4-5-6-9-7-8(2)10/h8-10H,3-7H2,1-2H3/t8-/m1/s1. The molecule has 2 N–H and O–H groups in total. The molecule has 10 heavy (non-hydrogen) atoms. The molecule has 0 rings (SSSR count). The Morgan fingerprint density at radius 2 is 2.10 bits per heavy atom. The fraction of sp³-hybridized carbons (Fsp3) is 1.00. The maximum atomic E-state index is 8.85. The van der Waals surface area contributed by atoms with E-state index in [9.17, 15) is 0 Å². The number of hydrogen-bond acceptors (Lipinski definition) is 2. The van der Waals surface area contributed by atoms with Gasteiger partial charge in [0.1, 0.15) is 0 Å². The SMILES string of the molecule is CCCCCNC[C@@H](C)O. The topological polar surface area (TPSA) is 32.3 Å². The summed E-state index contributed by atoms with van der Waals surface area (Å²) < 4.78 is 0. The van der Waals surface area contributed by atoms with Crippen molar-refractivity contribution in [2.75, 3.05) is 13.1 Å². The van der Waals surface area contributed by atoms with E-state index in [0.29, 0.717) is 0 Å². The molecule has 0 unspecified atom stereocenters. The van der Waals surface area contributed by atoms with Gasteiger partial charge in [0, 0.05) is 6.54 Å². The average molecular weight is 145 g/mol. The summed E-state index contributed by atoms with van der Waals surface area (Å²) in [4.78, 5) is 0. The van der Waals surface area contributed by atoms with Crippen LogP contribution in [0.15, 0.2) is 0 Å². The largest absolute Gasteiger partial charge is 0.392 e. The Balaban J connectivity index is 2.77. The summed E-state index contributed by atoms with van der Waals surface area (Å²) in [6.07, 6.45) is 3.56. The maximum Gasteiger partial charge on any atom is 0.0636 e. The van der Waals surface area contributed by atoms with Crippen molar-refractivity contribution in [1.82, 2.24) is 5.32 Å². The summed E-state index contributed by atoms with van der Waals surface area (Å²) in [6.45, 7) is 5.75. The van der Waals surface area contributed by atoms with E-state index >= 15 is 0 Å². The zero-order valence-electron chi connectivity index (χ0n) is 7.06. The molecule has 2 nitrogen and oxygen atoms in total. The van der Waals surface area contributed by atoms with Crippen LogP contribution < -0.4 is 5.32 Å². The Kier molecular flexibility index (Phi) is 6.98. The molecule has 0 aliphatic carbocycles. The van der Waals surface area contributed by atoms with Crippen molar-refractivity contribution in [1.29, 1.82) is 0 Å². The van der Waals surface area contributed by atoms with Gasteiger partial charge in [-0.3, -0.25) is 0 Å². The van der Waals surface area contributed by atoms with Crippen molar-refractivity contribution in [2.24, 2.45) is 0 Å². The van der Waals surface area contributed by atoms with Gasteiger partial charge in [-0.1, -0.05) is 19.8 Å². The van der Waals surface area contributed by atoms with E-state index in [1.165, 1.54) is 19.3 Å². The van der Waals surface area contributed by atoms with Gasteiger partial charge in [-0.05, 0) is 19.9 Å². The summed E-state index contributed by atoms with van der Waals surface area (Å²) in [6, 6.07) is 0. The molecule has 0 saturated heterocycles. The first kappa shape index (κ1) is 9.92. The second-order valence-corrected chi connectivity index (χ2v) is 2.76. The van der Waals surface area contributed by atoms with Crippen molar-refractivity contribution in [3.8, 4) is 0 Å². The van der Waals surface area contributed by atoms with E-state index in [-0.39, 0.29) is 6.10 Å². The Morgan fingerprint density at radius 1 is 1.40 bits per heavy atom. The molecule has 1 atom stereocenters. The quantitative estimate of drug-likeness (QED) is 0.549. The number of rotatable bonds is 6. The van der Waals surface area contributed by atoms with Crippen LogP contribution in [-0.2, 0) is 0 Å². The third-order valence-electron chi connectivity index (χ3n) is 1.40. The van der Waals surface area contributed by atoms with Gasteiger partial charge >= 0.3 is 0 Å². The van der Waals surface area contributed by atoms with Gasteiger partial charge in [-0.15, -0.1) is 0 Å². The minimum atomic E-state index is -0.207. The van der Waals surface area contributed by atoms with Crippen LogP contribution in [0.2, 0.25) is 0 Å². The molecular weight excluding hydrogens is 126 g/mol. The Labute approximate surface area is 63.6 Å². The van der Waals surface area contributed by atoms with Gasteiger partial charge in [0.05, 0.1) is 6.10 Å².